The number of hydrogen-bond acceptors (Lipinski definition) is 3. The number of ketones is 1. The van der Waals surface area contributed by atoms with Crippen molar-refractivity contribution in [3.8, 4) is 0 Å². The summed E-state index contributed by atoms with van der Waals surface area (Å²) in [5.41, 5.74) is 1.46. The zero-order valence-corrected chi connectivity index (χ0v) is 10.3. The molecule has 1 aromatic heterocycles. The lowest BCUT2D eigenvalue weighted by molar-refractivity contribution is 0.0857. The van der Waals surface area contributed by atoms with Gasteiger partial charge in [0.25, 0.3) is 0 Å². The predicted molar refractivity (Wildman–Crippen MR) is 71.7 cm³/mol. The number of benzene rings is 1. The summed E-state index contributed by atoms with van der Waals surface area (Å²) in [4.78, 5) is 27.9. The molecule has 5 heteroatoms. The second-order valence-corrected chi connectivity index (χ2v) is 4.64. The first kappa shape index (κ1) is 11.9. The molecule has 2 heterocycles. The number of para-hydroxylation sites is 1. The molecule has 1 radical (unpaired) electrons. The Morgan fingerprint density at radius 3 is 3.00 bits per heavy atom. The Bertz CT molecular complexity index is 587. The zero-order valence-electron chi connectivity index (χ0n) is 10.3. The summed E-state index contributed by atoms with van der Waals surface area (Å²) in [7, 11) is 0. The first-order valence-corrected chi connectivity index (χ1v) is 6.27. The predicted octanol–water partition coefficient (Wildman–Crippen LogP) is 0.692. The lowest BCUT2D eigenvalue weighted by Crippen LogP contribution is -2.54. The molecule has 2 aromatic rings. The lowest BCUT2D eigenvalue weighted by Gasteiger charge is -2.30. The van der Waals surface area contributed by atoms with Crippen LogP contribution in [0.5, 0.6) is 0 Å². The number of amides is 1. The third-order valence-electron chi connectivity index (χ3n) is 3.46. The van der Waals surface area contributed by atoms with Gasteiger partial charge in [0, 0.05) is 30.5 Å². The first-order chi connectivity index (χ1) is 9.29. The SMILES string of the molecule is O=[C]N1CCNCC1C(=O)c1cc2ccccc2[nH]1. The van der Waals surface area contributed by atoms with Crippen LogP contribution in [0.1, 0.15) is 10.5 Å². The lowest BCUT2D eigenvalue weighted by atomic mass is 10.1. The van der Waals surface area contributed by atoms with Crippen molar-refractivity contribution in [3.63, 3.8) is 0 Å². The van der Waals surface area contributed by atoms with Crippen LogP contribution in [0, 0.1) is 0 Å². The van der Waals surface area contributed by atoms with Gasteiger partial charge < -0.3 is 15.2 Å². The third-order valence-corrected chi connectivity index (χ3v) is 3.46. The molecule has 2 N–H and O–H groups in total. The number of carbonyl (C=O) groups excluding carboxylic acids is 2. The van der Waals surface area contributed by atoms with E-state index in [1.54, 1.807) is 0 Å². The van der Waals surface area contributed by atoms with E-state index in [1.165, 1.54) is 4.90 Å². The average molecular weight is 256 g/mol. The number of aromatic nitrogens is 1. The molecular formula is C14H14N3O2. The normalized spacial score (nSPS) is 19.6. The highest BCUT2D eigenvalue weighted by atomic mass is 16.1. The van der Waals surface area contributed by atoms with E-state index in [0.717, 1.165) is 10.9 Å². The second kappa shape index (κ2) is 4.85. The van der Waals surface area contributed by atoms with Crippen LogP contribution >= 0.6 is 0 Å². The molecule has 1 fully saturated rings. The van der Waals surface area contributed by atoms with Crippen LogP contribution in [0.25, 0.3) is 10.9 Å². The standard InChI is InChI=1S/C14H14N3O2/c18-9-17-6-5-15-8-13(17)14(19)12-7-10-3-1-2-4-11(10)16-12/h1-4,7,13,15-16H,5-6,8H2. The Labute approximate surface area is 110 Å². The van der Waals surface area contributed by atoms with E-state index in [1.807, 2.05) is 36.7 Å². The number of carbonyl (C=O) groups is 1. The maximum atomic E-state index is 12.4. The molecule has 0 aliphatic carbocycles. The zero-order chi connectivity index (χ0) is 13.2. The van der Waals surface area contributed by atoms with Crippen LogP contribution in [0.4, 0.5) is 0 Å². The van der Waals surface area contributed by atoms with Crippen molar-refractivity contribution in [1.82, 2.24) is 15.2 Å². The van der Waals surface area contributed by atoms with Gasteiger partial charge in [-0.05, 0) is 12.1 Å². The number of hydrogen-bond donors (Lipinski definition) is 2. The second-order valence-electron chi connectivity index (χ2n) is 4.64. The Kier molecular flexibility index (Phi) is 3.05. The summed E-state index contributed by atoms with van der Waals surface area (Å²) < 4.78 is 0. The number of Topliss-reactive ketones (excluding diaryl/α,β-unsaturated/α-hetero) is 1. The smallest absolute Gasteiger partial charge is 0.312 e. The van der Waals surface area contributed by atoms with Crippen LogP contribution in [0.3, 0.4) is 0 Å². The van der Waals surface area contributed by atoms with E-state index in [2.05, 4.69) is 10.3 Å². The van der Waals surface area contributed by atoms with Crippen molar-refractivity contribution in [2.75, 3.05) is 19.6 Å². The van der Waals surface area contributed by atoms with E-state index in [0.29, 0.717) is 25.3 Å². The van der Waals surface area contributed by atoms with Gasteiger partial charge in [-0.1, -0.05) is 18.2 Å². The van der Waals surface area contributed by atoms with Gasteiger partial charge in [0.2, 0.25) is 5.78 Å². The molecule has 5 nitrogen and oxygen atoms in total. The highest BCUT2D eigenvalue weighted by molar-refractivity contribution is 6.03. The average Bonchev–Trinajstić information content (AvgIpc) is 2.90. The fourth-order valence-electron chi connectivity index (χ4n) is 2.43. The first-order valence-electron chi connectivity index (χ1n) is 6.27. The summed E-state index contributed by atoms with van der Waals surface area (Å²) in [6.07, 6.45) is 1.85. The molecule has 1 atom stereocenters. The van der Waals surface area contributed by atoms with E-state index in [4.69, 9.17) is 0 Å². The van der Waals surface area contributed by atoms with Crippen molar-refractivity contribution in [2.24, 2.45) is 0 Å². The van der Waals surface area contributed by atoms with Crippen molar-refractivity contribution in [1.29, 1.82) is 0 Å². The highest BCUT2D eigenvalue weighted by Crippen LogP contribution is 2.17. The van der Waals surface area contributed by atoms with E-state index in [-0.39, 0.29) is 5.78 Å². The molecule has 0 bridgehead atoms. The van der Waals surface area contributed by atoms with Crippen LogP contribution in [0.15, 0.2) is 30.3 Å². The Balaban J connectivity index is 1.91. The molecular weight excluding hydrogens is 242 g/mol. The number of piperazine rings is 1. The molecule has 19 heavy (non-hydrogen) atoms. The van der Waals surface area contributed by atoms with Gasteiger partial charge in [-0.3, -0.25) is 9.59 Å². The molecule has 0 saturated carbocycles. The Hall–Kier alpha value is -2.14. The quantitative estimate of drug-likeness (QED) is 0.794. The fraction of sp³-hybridized carbons (Fsp3) is 0.286. The van der Waals surface area contributed by atoms with E-state index < -0.39 is 6.04 Å². The summed E-state index contributed by atoms with van der Waals surface area (Å²) >= 11 is 0. The van der Waals surface area contributed by atoms with Crippen LogP contribution in [0.2, 0.25) is 0 Å². The fourth-order valence-corrected chi connectivity index (χ4v) is 2.43. The van der Waals surface area contributed by atoms with Crippen molar-refractivity contribution >= 4 is 23.1 Å². The number of nitrogens with one attached hydrogen (secondary N) is 2. The van der Waals surface area contributed by atoms with Crippen LogP contribution in [-0.4, -0.2) is 47.8 Å². The summed E-state index contributed by atoms with van der Waals surface area (Å²) in [5, 5.41) is 4.12. The largest absolute Gasteiger partial charge is 0.352 e. The van der Waals surface area contributed by atoms with E-state index >= 15 is 0 Å². The molecule has 1 aromatic carbocycles. The summed E-state index contributed by atoms with van der Waals surface area (Å²) in [6, 6.07) is 9.08. The number of fused-ring (bicyclic) bond motifs is 1. The van der Waals surface area contributed by atoms with Gasteiger partial charge in [0.05, 0.1) is 5.69 Å². The topological polar surface area (TPSA) is 65.2 Å². The molecule has 3 rings (SSSR count). The summed E-state index contributed by atoms with van der Waals surface area (Å²) in [6.45, 7) is 1.69. The van der Waals surface area contributed by atoms with Gasteiger partial charge >= 0.3 is 6.41 Å². The van der Waals surface area contributed by atoms with Crippen LogP contribution < -0.4 is 5.32 Å². The minimum Gasteiger partial charge on any atom is -0.352 e. The number of rotatable bonds is 3. The van der Waals surface area contributed by atoms with Gasteiger partial charge in [-0.15, -0.1) is 0 Å². The van der Waals surface area contributed by atoms with Crippen LogP contribution in [-0.2, 0) is 4.79 Å². The molecule has 1 aliphatic rings. The van der Waals surface area contributed by atoms with Gasteiger partial charge in [0.1, 0.15) is 6.04 Å². The minimum absolute atomic E-state index is 0.0771. The van der Waals surface area contributed by atoms with Crippen molar-refractivity contribution < 1.29 is 9.59 Å². The molecule has 0 spiro atoms. The summed E-state index contributed by atoms with van der Waals surface area (Å²) in [5.74, 6) is -0.0771. The van der Waals surface area contributed by atoms with Gasteiger partial charge in [-0.25, -0.2) is 0 Å². The molecule has 1 aliphatic heterocycles. The third kappa shape index (κ3) is 2.13. The Morgan fingerprint density at radius 2 is 2.21 bits per heavy atom. The van der Waals surface area contributed by atoms with Gasteiger partial charge in [-0.2, -0.15) is 0 Å². The molecule has 97 valence electrons. The van der Waals surface area contributed by atoms with Gasteiger partial charge in [0.15, 0.2) is 0 Å². The number of aromatic amines is 1. The molecule has 1 amide bonds. The number of nitrogens with zero attached hydrogens (tertiary/aromatic N) is 1. The molecule has 1 unspecified atom stereocenters. The van der Waals surface area contributed by atoms with Crippen molar-refractivity contribution in [3.05, 3.63) is 36.0 Å². The maximum absolute atomic E-state index is 12.4. The monoisotopic (exact) mass is 256 g/mol. The Morgan fingerprint density at radius 1 is 1.37 bits per heavy atom. The minimum atomic E-state index is -0.473. The highest BCUT2D eigenvalue weighted by Gasteiger charge is 2.29. The van der Waals surface area contributed by atoms with E-state index in [9.17, 15) is 9.59 Å². The number of H-pyrrole nitrogens is 1. The molecule has 1 saturated heterocycles. The van der Waals surface area contributed by atoms with Crippen molar-refractivity contribution in [2.45, 2.75) is 6.04 Å². The maximum Gasteiger partial charge on any atom is 0.312 e.